The summed E-state index contributed by atoms with van der Waals surface area (Å²) in [5, 5.41) is 18.9. The Labute approximate surface area is 195 Å². The van der Waals surface area contributed by atoms with E-state index in [2.05, 4.69) is 4.90 Å². The van der Waals surface area contributed by atoms with Gasteiger partial charge >= 0.3 is 12.1 Å². The fourth-order valence-electron chi connectivity index (χ4n) is 4.67. The van der Waals surface area contributed by atoms with E-state index in [1.807, 2.05) is 37.3 Å². The van der Waals surface area contributed by atoms with Crippen LogP contribution in [0.3, 0.4) is 0 Å². The summed E-state index contributed by atoms with van der Waals surface area (Å²) in [4.78, 5) is 13.0. The number of alkyl halides is 3. The van der Waals surface area contributed by atoms with Crippen molar-refractivity contribution in [3.8, 4) is 5.75 Å². The fraction of sp³-hybridized carbons (Fsp3) is 0.222. The zero-order chi connectivity index (χ0) is 24.5. The molecule has 0 spiro atoms. The Morgan fingerprint density at radius 1 is 1.06 bits per heavy atom. The Bertz CT molecular complexity index is 1220. The molecule has 1 heterocycles. The molecular weight excluding hydrogens is 443 g/mol. The van der Waals surface area contributed by atoms with Gasteiger partial charge in [0.15, 0.2) is 0 Å². The minimum absolute atomic E-state index is 0.181. The molecule has 1 unspecified atom stereocenters. The molecule has 1 atom stereocenters. The van der Waals surface area contributed by atoms with Crippen LogP contribution in [0, 0.1) is 0 Å². The summed E-state index contributed by atoms with van der Waals surface area (Å²) < 4.78 is 38.4. The zero-order valence-corrected chi connectivity index (χ0v) is 18.5. The molecule has 1 aliphatic rings. The third kappa shape index (κ3) is 4.78. The Balaban J connectivity index is 1.77. The summed E-state index contributed by atoms with van der Waals surface area (Å²) in [6.45, 7) is 2.65. The van der Waals surface area contributed by atoms with Gasteiger partial charge < -0.3 is 15.1 Å². The van der Waals surface area contributed by atoms with E-state index in [1.54, 1.807) is 24.3 Å². The van der Waals surface area contributed by atoms with Gasteiger partial charge in [0, 0.05) is 18.3 Å². The van der Waals surface area contributed by atoms with Crippen molar-refractivity contribution in [1.29, 1.82) is 0 Å². The van der Waals surface area contributed by atoms with Crippen LogP contribution in [0.4, 0.5) is 18.9 Å². The SMILES string of the molecule is CC1(c2ccc(/C=C/C(=O)O)cc2)c2ccc(O)cc2CCN1c1ccc(CC(F)(F)F)cc1. The van der Waals surface area contributed by atoms with Crippen LogP contribution >= 0.6 is 0 Å². The minimum Gasteiger partial charge on any atom is -0.508 e. The van der Waals surface area contributed by atoms with Gasteiger partial charge in [-0.25, -0.2) is 4.79 Å². The molecule has 1 aliphatic heterocycles. The topological polar surface area (TPSA) is 60.8 Å². The minimum atomic E-state index is -4.26. The van der Waals surface area contributed by atoms with Gasteiger partial charge in [-0.05, 0) is 71.5 Å². The van der Waals surface area contributed by atoms with Crippen molar-refractivity contribution in [2.24, 2.45) is 0 Å². The number of phenols is 1. The number of benzene rings is 3. The molecular formula is C27H24F3NO3. The van der Waals surface area contributed by atoms with Crippen LogP contribution in [0.15, 0.2) is 72.8 Å². The van der Waals surface area contributed by atoms with Crippen LogP contribution in [0.5, 0.6) is 5.75 Å². The lowest BCUT2D eigenvalue weighted by atomic mass is 9.76. The van der Waals surface area contributed by atoms with E-state index in [1.165, 1.54) is 18.2 Å². The average molecular weight is 467 g/mol. The third-order valence-corrected chi connectivity index (χ3v) is 6.30. The molecule has 176 valence electrons. The van der Waals surface area contributed by atoms with Gasteiger partial charge in [-0.2, -0.15) is 13.2 Å². The maximum atomic E-state index is 12.8. The monoisotopic (exact) mass is 467 g/mol. The van der Waals surface area contributed by atoms with Crippen LogP contribution in [0.2, 0.25) is 0 Å². The lowest BCUT2D eigenvalue weighted by Crippen LogP contribution is -2.49. The fourth-order valence-corrected chi connectivity index (χ4v) is 4.67. The first kappa shape index (κ1) is 23.4. The van der Waals surface area contributed by atoms with E-state index in [0.29, 0.717) is 13.0 Å². The molecule has 0 fully saturated rings. The summed E-state index contributed by atoms with van der Waals surface area (Å²) in [6, 6.07) is 19.2. The number of carboxylic acids is 1. The quantitative estimate of drug-likeness (QED) is 0.457. The number of nitrogens with zero attached hydrogens (tertiary/aromatic N) is 1. The van der Waals surface area contributed by atoms with Crippen molar-refractivity contribution in [2.75, 3.05) is 11.4 Å². The summed E-state index contributed by atoms with van der Waals surface area (Å²) in [5.74, 6) is -0.850. The van der Waals surface area contributed by atoms with E-state index in [0.717, 1.165) is 34.0 Å². The second kappa shape index (κ2) is 8.89. The molecule has 0 saturated heterocycles. The highest BCUT2D eigenvalue weighted by atomic mass is 19.4. The van der Waals surface area contributed by atoms with E-state index in [9.17, 15) is 23.1 Å². The van der Waals surface area contributed by atoms with Crippen LogP contribution in [-0.4, -0.2) is 28.9 Å². The van der Waals surface area contributed by atoms with Crippen molar-refractivity contribution in [3.63, 3.8) is 0 Å². The summed E-state index contributed by atoms with van der Waals surface area (Å²) in [6.07, 6.45) is -1.98. The maximum absolute atomic E-state index is 12.8. The lowest BCUT2D eigenvalue weighted by molar-refractivity contribution is -0.131. The van der Waals surface area contributed by atoms with Crippen LogP contribution in [-0.2, 0) is 23.2 Å². The maximum Gasteiger partial charge on any atom is 0.393 e. The molecule has 7 heteroatoms. The number of carbonyl (C=O) groups is 1. The van der Waals surface area contributed by atoms with E-state index >= 15 is 0 Å². The largest absolute Gasteiger partial charge is 0.508 e. The molecule has 3 aromatic carbocycles. The van der Waals surface area contributed by atoms with Crippen LogP contribution < -0.4 is 4.90 Å². The Morgan fingerprint density at radius 3 is 2.35 bits per heavy atom. The second-order valence-corrected chi connectivity index (χ2v) is 8.57. The lowest BCUT2D eigenvalue weighted by Gasteiger charge is -2.48. The third-order valence-electron chi connectivity index (χ3n) is 6.30. The molecule has 0 amide bonds. The van der Waals surface area contributed by atoms with Gasteiger partial charge in [-0.15, -0.1) is 0 Å². The van der Waals surface area contributed by atoms with Gasteiger partial charge in [-0.1, -0.05) is 42.5 Å². The summed E-state index contributed by atoms with van der Waals surface area (Å²) in [7, 11) is 0. The highest BCUT2D eigenvalue weighted by Crippen LogP contribution is 2.44. The van der Waals surface area contributed by atoms with Crippen molar-refractivity contribution < 1.29 is 28.2 Å². The smallest absolute Gasteiger partial charge is 0.393 e. The van der Waals surface area contributed by atoms with Gasteiger partial charge in [0.05, 0.1) is 12.0 Å². The number of hydrogen-bond acceptors (Lipinski definition) is 3. The van der Waals surface area contributed by atoms with Gasteiger partial charge in [0.25, 0.3) is 0 Å². The first-order chi connectivity index (χ1) is 16.1. The molecule has 0 bridgehead atoms. The van der Waals surface area contributed by atoms with Crippen molar-refractivity contribution >= 4 is 17.7 Å². The van der Waals surface area contributed by atoms with E-state index in [-0.39, 0.29) is 11.3 Å². The second-order valence-electron chi connectivity index (χ2n) is 8.57. The number of phenolic OH excluding ortho intramolecular Hbond substituents is 1. The van der Waals surface area contributed by atoms with E-state index < -0.39 is 24.1 Å². The molecule has 0 saturated carbocycles. The average Bonchev–Trinajstić information content (AvgIpc) is 2.78. The molecule has 0 aromatic heterocycles. The summed E-state index contributed by atoms with van der Waals surface area (Å²) in [5.41, 5.74) is 4.00. The highest BCUT2D eigenvalue weighted by molar-refractivity contribution is 5.85. The molecule has 34 heavy (non-hydrogen) atoms. The van der Waals surface area contributed by atoms with Crippen LogP contribution in [0.1, 0.15) is 34.7 Å². The number of aromatic hydroxyl groups is 1. The van der Waals surface area contributed by atoms with Crippen LogP contribution in [0.25, 0.3) is 6.08 Å². The Hall–Kier alpha value is -3.74. The van der Waals surface area contributed by atoms with E-state index in [4.69, 9.17) is 5.11 Å². The predicted molar refractivity (Wildman–Crippen MR) is 125 cm³/mol. The first-order valence-electron chi connectivity index (χ1n) is 10.8. The molecule has 4 rings (SSSR count). The van der Waals surface area contributed by atoms with Gasteiger partial charge in [0.2, 0.25) is 0 Å². The van der Waals surface area contributed by atoms with Crippen molar-refractivity contribution in [3.05, 3.63) is 101 Å². The summed E-state index contributed by atoms with van der Waals surface area (Å²) >= 11 is 0. The number of aliphatic carboxylic acids is 1. The Morgan fingerprint density at radius 2 is 1.74 bits per heavy atom. The standard InChI is InChI=1S/C27H24F3NO3/c1-26(21-7-2-18(3-8-21)6-13-25(33)34)24-12-11-23(32)16-20(24)14-15-31(26)22-9-4-19(5-10-22)17-27(28,29)30/h2-13,16,32H,14-15,17H2,1H3,(H,33,34)/b13-6+. The number of anilines is 1. The van der Waals surface area contributed by atoms with Crippen molar-refractivity contribution in [2.45, 2.75) is 31.5 Å². The number of rotatable bonds is 5. The molecule has 0 aliphatic carbocycles. The number of halogens is 3. The molecule has 4 nitrogen and oxygen atoms in total. The molecule has 2 N–H and O–H groups in total. The number of hydrogen-bond donors (Lipinski definition) is 2. The number of fused-ring (bicyclic) bond motifs is 1. The molecule has 3 aromatic rings. The highest BCUT2D eigenvalue weighted by Gasteiger charge is 2.40. The predicted octanol–water partition coefficient (Wildman–Crippen LogP) is 5.92. The Kier molecular flexibility index (Phi) is 6.13. The van der Waals surface area contributed by atoms with Gasteiger partial charge in [-0.3, -0.25) is 0 Å². The zero-order valence-electron chi connectivity index (χ0n) is 18.5. The normalized spacial score (nSPS) is 18.2. The number of carboxylic acid groups (broad SMARTS) is 1. The molecule has 0 radical (unpaired) electrons. The first-order valence-corrected chi connectivity index (χ1v) is 10.8. The van der Waals surface area contributed by atoms with Crippen molar-refractivity contribution in [1.82, 2.24) is 0 Å². The van der Waals surface area contributed by atoms with Gasteiger partial charge in [0.1, 0.15) is 5.75 Å².